The predicted octanol–water partition coefficient (Wildman–Crippen LogP) is 3.39. The average molecular weight is 348 g/mol. The van der Waals surface area contributed by atoms with Crippen LogP contribution in [0, 0.1) is 0 Å². The molecule has 6 heteroatoms. The molecule has 1 N–H and O–H groups in total. The number of carbonyl (C=O) groups is 1. The van der Waals surface area contributed by atoms with E-state index in [-0.39, 0.29) is 0 Å². The van der Waals surface area contributed by atoms with Gasteiger partial charge in [0.1, 0.15) is 11.4 Å². The number of nitrogens with zero attached hydrogens (tertiary/aromatic N) is 2. The lowest BCUT2D eigenvalue weighted by Gasteiger charge is -2.09. The largest absolute Gasteiger partial charge is 0.365 e. The number of hydrogen-bond acceptors (Lipinski definition) is 6. The molecule has 1 aliphatic carbocycles. The molecule has 2 aromatic carbocycles. The molecule has 0 aliphatic heterocycles. The summed E-state index contributed by atoms with van der Waals surface area (Å²) in [5.74, 6) is -0.534. The molecule has 130 valence electrons. The van der Waals surface area contributed by atoms with E-state index in [1.54, 1.807) is 72.8 Å². The number of oxime groups is 2. The minimum atomic E-state index is -1.15. The summed E-state index contributed by atoms with van der Waals surface area (Å²) in [4.78, 5) is 21.8. The normalized spacial score (nSPS) is 13.9. The highest BCUT2D eigenvalue weighted by molar-refractivity contribution is 6.18. The monoisotopic (exact) mass is 348 g/mol. The standard InChI is InChI=1S/C20H16N2O4/c23-19(15-7-3-1-4-8-15)25-21-17-11-13-18(14-12-17)22-26-20(24)16-9-5-2-6-10-16/h1-14,19,23H. The topological polar surface area (TPSA) is 80.5 Å². The number of carbonyl (C=O) groups excluding carboxylic acids is 1. The van der Waals surface area contributed by atoms with Gasteiger partial charge in [-0.25, -0.2) is 4.79 Å². The van der Waals surface area contributed by atoms with E-state index in [2.05, 4.69) is 10.3 Å². The number of aliphatic hydroxyl groups excluding tert-OH is 1. The van der Waals surface area contributed by atoms with Crippen LogP contribution in [0.2, 0.25) is 0 Å². The van der Waals surface area contributed by atoms with Gasteiger partial charge in [0, 0.05) is 5.56 Å². The van der Waals surface area contributed by atoms with Crippen LogP contribution in [0.25, 0.3) is 0 Å². The molecule has 0 bridgehead atoms. The van der Waals surface area contributed by atoms with Gasteiger partial charge < -0.3 is 14.8 Å². The highest BCUT2D eigenvalue weighted by atomic mass is 16.7. The van der Waals surface area contributed by atoms with Crippen molar-refractivity contribution in [1.29, 1.82) is 0 Å². The Balaban J connectivity index is 1.55. The fraction of sp³-hybridized carbons (Fsp3) is 0.0500. The second-order valence-electron chi connectivity index (χ2n) is 5.31. The van der Waals surface area contributed by atoms with Crippen LogP contribution in [0.5, 0.6) is 0 Å². The number of benzene rings is 2. The quantitative estimate of drug-likeness (QED) is 0.389. The Morgan fingerprint density at radius 2 is 1.35 bits per heavy atom. The van der Waals surface area contributed by atoms with Crippen molar-refractivity contribution in [3.63, 3.8) is 0 Å². The number of rotatable bonds is 5. The Morgan fingerprint density at radius 1 is 0.808 bits per heavy atom. The first-order valence-corrected chi connectivity index (χ1v) is 7.90. The van der Waals surface area contributed by atoms with Gasteiger partial charge in [0.2, 0.25) is 0 Å². The van der Waals surface area contributed by atoms with Crippen molar-refractivity contribution in [2.24, 2.45) is 10.3 Å². The van der Waals surface area contributed by atoms with Gasteiger partial charge in [0.25, 0.3) is 6.29 Å². The van der Waals surface area contributed by atoms with Crippen LogP contribution in [-0.2, 0) is 9.68 Å². The Kier molecular flexibility index (Phi) is 5.69. The Bertz CT molecular complexity index is 853. The van der Waals surface area contributed by atoms with Crippen LogP contribution < -0.4 is 0 Å². The summed E-state index contributed by atoms with van der Waals surface area (Å²) >= 11 is 0. The zero-order chi connectivity index (χ0) is 18.2. The van der Waals surface area contributed by atoms with Gasteiger partial charge in [-0.15, -0.1) is 0 Å². The fourth-order valence-electron chi connectivity index (χ4n) is 2.08. The minimum Gasteiger partial charge on any atom is -0.358 e. The molecule has 26 heavy (non-hydrogen) atoms. The third kappa shape index (κ3) is 4.75. The Labute approximate surface area is 150 Å². The molecule has 0 amide bonds. The summed E-state index contributed by atoms with van der Waals surface area (Å²) in [5, 5.41) is 17.6. The van der Waals surface area contributed by atoms with E-state index in [0.717, 1.165) is 0 Å². The summed E-state index contributed by atoms with van der Waals surface area (Å²) in [7, 11) is 0. The molecule has 3 rings (SSSR count). The van der Waals surface area contributed by atoms with Crippen molar-refractivity contribution in [1.82, 2.24) is 0 Å². The fourth-order valence-corrected chi connectivity index (χ4v) is 2.08. The van der Waals surface area contributed by atoms with Crippen molar-refractivity contribution >= 4 is 17.4 Å². The molecule has 0 saturated carbocycles. The third-order valence-electron chi connectivity index (χ3n) is 3.44. The zero-order valence-electron chi connectivity index (χ0n) is 13.7. The Morgan fingerprint density at radius 3 is 1.96 bits per heavy atom. The zero-order valence-corrected chi connectivity index (χ0v) is 13.7. The summed E-state index contributed by atoms with van der Waals surface area (Å²) in [6.07, 6.45) is 5.36. The molecule has 2 aromatic rings. The average Bonchev–Trinajstić information content (AvgIpc) is 2.72. The third-order valence-corrected chi connectivity index (χ3v) is 3.44. The molecule has 0 fully saturated rings. The van der Waals surface area contributed by atoms with Gasteiger partial charge in [0.15, 0.2) is 0 Å². The molecule has 0 radical (unpaired) electrons. The van der Waals surface area contributed by atoms with Crippen LogP contribution in [0.4, 0.5) is 0 Å². The van der Waals surface area contributed by atoms with Crippen LogP contribution >= 0.6 is 0 Å². The van der Waals surface area contributed by atoms with Crippen molar-refractivity contribution in [2.75, 3.05) is 0 Å². The van der Waals surface area contributed by atoms with E-state index >= 15 is 0 Å². The highest BCUT2D eigenvalue weighted by Gasteiger charge is 2.09. The molecule has 1 unspecified atom stereocenters. The summed E-state index contributed by atoms with van der Waals surface area (Å²) in [5.41, 5.74) is 1.98. The number of hydrogen-bond donors (Lipinski definition) is 1. The summed E-state index contributed by atoms with van der Waals surface area (Å²) in [6.45, 7) is 0. The second-order valence-corrected chi connectivity index (χ2v) is 5.31. The van der Waals surface area contributed by atoms with Crippen LogP contribution in [0.15, 0.2) is 95.3 Å². The molecular weight excluding hydrogens is 332 g/mol. The van der Waals surface area contributed by atoms with Gasteiger partial charge in [-0.3, -0.25) is 0 Å². The lowest BCUT2D eigenvalue weighted by molar-refractivity contribution is -0.101. The molecule has 1 aliphatic rings. The van der Waals surface area contributed by atoms with Gasteiger partial charge in [-0.05, 0) is 36.4 Å². The van der Waals surface area contributed by atoms with E-state index in [1.807, 2.05) is 12.1 Å². The molecule has 0 heterocycles. The van der Waals surface area contributed by atoms with Crippen molar-refractivity contribution in [3.8, 4) is 0 Å². The maximum absolute atomic E-state index is 11.8. The highest BCUT2D eigenvalue weighted by Crippen LogP contribution is 2.14. The minimum absolute atomic E-state index is 0.422. The van der Waals surface area contributed by atoms with E-state index < -0.39 is 12.3 Å². The summed E-state index contributed by atoms with van der Waals surface area (Å²) < 4.78 is 0. The maximum Gasteiger partial charge on any atom is 0.365 e. The molecule has 0 aromatic heterocycles. The van der Waals surface area contributed by atoms with E-state index in [1.165, 1.54) is 0 Å². The van der Waals surface area contributed by atoms with Crippen LogP contribution in [0.3, 0.4) is 0 Å². The first kappa shape index (κ1) is 17.3. The van der Waals surface area contributed by atoms with Gasteiger partial charge in [0.05, 0.1) is 5.56 Å². The smallest absolute Gasteiger partial charge is 0.358 e. The predicted molar refractivity (Wildman–Crippen MR) is 97.5 cm³/mol. The molecule has 1 atom stereocenters. The van der Waals surface area contributed by atoms with Gasteiger partial charge in [-0.2, -0.15) is 0 Å². The van der Waals surface area contributed by atoms with Crippen molar-refractivity contribution in [2.45, 2.75) is 6.29 Å². The molecule has 6 nitrogen and oxygen atoms in total. The number of allylic oxidation sites excluding steroid dienone is 4. The first-order valence-electron chi connectivity index (χ1n) is 7.90. The number of aliphatic hydroxyl groups is 1. The molecule has 0 spiro atoms. The SMILES string of the molecule is O=C(ON=C1C=CC(=NOC(O)c2ccccc2)C=C1)c1ccccc1. The van der Waals surface area contributed by atoms with E-state index in [4.69, 9.17) is 9.68 Å². The first-order chi connectivity index (χ1) is 12.7. The lowest BCUT2D eigenvalue weighted by Crippen LogP contribution is -2.06. The van der Waals surface area contributed by atoms with E-state index in [9.17, 15) is 9.90 Å². The van der Waals surface area contributed by atoms with E-state index in [0.29, 0.717) is 22.6 Å². The van der Waals surface area contributed by atoms with Crippen molar-refractivity contribution < 1.29 is 19.6 Å². The van der Waals surface area contributed by atoms with Crippen LogP contribution in [0.1, 0.15) is 22.2 Å². The molecule has 0 saturated heterocycles. The summed E-state index contributed by atoms with van der Waals surface area (Å²) in [6, 6.07) is 17.5. The van der Waals surface area contributed by atoms with Gasteiger partial charge in [-0.1, -0.05) is 58.8 Å². The lowest BCUT2D eigenvalue weighted by atomic mass is 10.1. The van der Waals surface area contributed by atoms with Crippen LogP contribution in [-0.4, -0.2) is 22.5 Å². The second kappa shape index (κ2) is 8.55. The Hall–Kier alpha value is -3.51. The van der Waals surface area contributed by atoms with Crippen molar-refractivity contribution in [3.05, 3.63) is 96.1 Å². The maximum atomic E-state index is 11.8. The molecular formula is C20H16N2O4. The van der Waals surface area contributed by atoms with Gasteiger partial charge >= 0.3 is 5.97 Å².